The number of aliphatic imine (C=N–C) groups is 1. The van der Waals surface area contributed by atoms with E-state index in [9.17, 15) is 0 Å². The van der Waals surface area contributed by atoms with E-state index in [1.54, 1.807) is 22.7 Å². The van der Waals surface area contributed by atoms with Crippen LogP contribution in [0.25, 0.3) is 17.0 Å². The molecule has 26 heavy (non-hydrogen) atoms. The van der Waals surface area contributed by atoms with Crippen molar-refractivity contribution in [1.29, 1.82) is 0 Å². The molecule has 0 aliphatic carbocycles. The third-order valence-corrected chi connectivity index (χ3v) is 6.16. The molecular weight excluding hydrogens is 426 g/mol. The van der Waals surface area contributed by atoms with Crippen molar-refractivity contribution in [3.05, 3.63) is 84.9 Å². The molecule has 0 fully saturated rings. The first-order valence-corrected chi connectivity index (χ1v) is 10.6. The highest BCUT2D eigenvalue weighted by atomic mass is 79.9. The summed E-state index contributed by atoms with van der Waals surface area (Å²) >= 11 is 6.96. The van der Waals surface area contributed by atoms with Crippen molar-refractivity contribution < 1.29 is 0 Å². The number of fused-ring (bicyclic) bond motifs is 1. The molecule has 6 heteroatoms. The fraction of sp³-hybridized carbons (Fsp3) is 0.0500. The number of amidine groups is 1. The number of benzene rings is 1. The predicted octanol–water partition coefficient (Wildman–Crippen LogP) is 6.04. The van der Waals surface area contributed by atoms with Gasteiger partial charge in [-0.2, -0.15) is 0 Å². The quantitative estimate of drug-likeness (QED) is 0.287. The van der Waals surface area contributed by atoms with E-state index in [0.29, 0.717) is 5.84 Å². The summed E-state index contributed by atoms with van der Waals surface area (Å²) in [7, 11) is 0. The van der Waals surface area contributed by atoms with Crippen LogP contribution in [0.4, 0.5) is 0 Å². The summed E-state index contributed by atoms with van der Waals surface area (Å²) in [6, 6.07) is 14.4. The molecule has 0 saturated heterocycles. The Morgan fingerprint density at radius 3 is 2.77 bits per heavy atom. The highest BCUT2D eigenvalue weighted by Crippen LogP contribution is 2.24. The first-order valence-electron chi connectivity index (χ1n) is 8.07. The Balaban J connectivity index is 1.74. The van der Waals surface area contributed by atoms with Crippen LogP contribution in [0.15, 0.2) is 74.6 Å². The Bertz CT molecular complexity index is 1070. The van der Waals surface area contributed by atoms with Gasteiger partial charge in [-0.1, -0.05) is 28.1 Å². The minimum Gasteiger partial charge on any atom is -0.383 e. The zero-order valence-corrected chi connectivity index (χ0v) is 17.0. The lowest BCUT2D eigenvalue weighted by molar-refractivity contribution is 1.15. The van der Waals surface area contributed by atoms with Crippen LogP contribution in [0.3, 0.4) is 0 Å². The minimum absolute atomic E-state index is 0.522. The van der Waals surface area contributed by atoms with Gasteiger partial charge in [0.15, 0.2) is 0 Å². The van der Waals surface area contributed by atoms with E-state index in [0.717, 1.165) is 33.1 Å². The molecule has 0 bridgehead atoms. The number of hydrogen-bond donors (Lipinski definition) is 2. The zero-order chi connectivity index (χ0) is 17.9. The molecule has 0 aliphatic heterocycles. The van der Waals surface area contributed by atoms with Crippen LogP contribution in [0.1, 0.15) is 15.3 Å². The minimum atomic E-state index is 0.522. The van der Waals surface area contributed by atoms with Crippen LogP contribution >= 0.6 is 38.6 Å². The van der Waals surface area contributed by atoms with E-state index in [1.807, 2.05) is 24.4 Å². The topological polar surface area (TPSA) is 54.2 Å². The third-order valence-electron chi connectivity index (χ3n) is 3.97. The van der Waals surface area contributed by atoms with Gasteiger partial charge in [0.25, 0.3) is 0 Å². The van der Waals surface area contributed by atoms with Gasteiger partial charge in [-0.15, -0.1) is 22.7 Å². The van der Waals surface area contributed by atoms with Crippen LogP contribution < -0.4 is 5.73 Å². The standard InChI is InChI=1S/C20H16BrN3S2/c21-13-5-6-19-17(9-13)18(12-23-19)20(22)24-14(10-15-3-1-7-25-15)11-16-4-2-8-26-16/h1-10,12,23H,11H2,(H2,22,24)/b14-10+. The van der Waals surface area contributed by atoms with Gasteiger partial charge in [-0.25, -0.2) is 4.99 Å². The number of hydrogen-bond acceptors (Lipinski definition) is 3. The highest BCUT2D eigenvalue weighted by molar-refractivity contribution is 9.10. The summed E-state index contributed by atoms with van der Waals surface area (Å²) in [4.78, 5) is 10.5. The van der Waals surface area contributed by atoms with Gasteiger partial charge >= 0.3 is 0 Å². The highest BCUT2D eigenvalue weighted by Gasteiger charge is 2.09. The molecule has 3 nitrogen and oxygen atoms in total. The average Bonchev–Trinajstić information content (AvgIpc) is 3.35. The van der Waals surface area contributed by atoms with Crippen LogP contribution in [0.5, 0.6) is 0 Å². The summed E-state index contributed by atoms with van der Waals surface area (Å²) < 4.78 is 1.02. The van der Waals surface area contributed by atoms with E-state index >= 15 is 0 Å². The Hall–Kier alpha value is -2.15. The average molecular weight is 442 g/mol. The van der Waals surface area contributed by atoms with E-state index in [1.165, 1.54) is 9.75 Å². The summed E-state index contributed by atoms with van der Waals surface area (Å²) in [5, 5.41) is 5.22. The van der Waals surface area contributed by atoms with Crippen molar-refractivity contribution in [2.24, 2.45) is 10.7 Å². The Morgan fingerprint density at radius 1 is 1.15 bits per heavy atom. The molecule has 0 radical (unpaired) electrons. The predicted molar refractivity (Wildman–Crippen MR) is 117 cm³/mol. The molecule has 4 aromatic rings. The van der Waals surface area contributed by atoms with Crippen molar-refractivity contribution >= 4 is 61.4 Å². The van der Waals surface area contributed by atoms with Crippen molar-refractivity contribution in [2.45, 2.75) is 6.42 Å². The second kappa shape index (κ2) is 7.61. The maximum absolute atomic E-state index is 6.40. The monoisotopic (exact) mass is 441 g/mol. The largest absolute Gasteiger partial charge is 0.383 e. The van der Waals surface area contributed by atoms with Crippen LogP contribution in [-0.4, -0.2) is 10.8 Å². The van der Waals surface area contributed by atoms with E-state index in [4.69, 9.17) is 10.7 Å². The van der Waals surface area contributed by atoms with E-state index in [2.05, 4.69) is 62.0 Å². The number of aromatic nitrogens is 1. The molecule has 130 valence electrons. The molecular formula is C20H16BrN3S2. The molecule has 3 heterocycles. The van der Waals surface area contributed by atoms with Crippen LogP contribution in [0.2, 0.25) is 0 Å². The molecule has 0 unspecified atom stereocenters. The number of nitrogens with one attached hydrogen (secondary N) is 1. The normalized spacial score (nSPS) is 12.8. The maximum atomic E-state index is 6.40. The molecule has 0 aliphatic rings. The first-order chi connectivity index (χ1) is 12.7. The number of thiophene rings is 2. The molecule has 0 amide bonds. The van der Waals surface area contributed by atoms with Gasteiger partial charge in [-0.3, -0.25) is 0 Å². The van der Waals surface area contributed by atoms with Crippen LogP contribution in [0, 0.1) is 0 Å². The molecule has 1 aromatic carbocycles. The summed E-state index contributed by atoms with van der Waals surface area (Å²) in [6.07, 6.45) is 4.80. The second-order valence-corrected chi connectivity index (χ2v) is 8.72. The first kappa shape index (κ1) is 17.3. The van der Waals surface area contributed by atoms with Crippen molar-refractivity contribution in [1.82, 2.24) is 4.98 Å². The Labute approximate surface area is 168 Å². The fourth-order valence-electron chi connectivity index (χ4n) is 2.77. The molecule has 3 aromatic heterocycles. The smallest absolute Gasteiger partial charge is 0.133 e. The van der Waals surface area contributed by atoms with Gasteiger partial charge in [-0.05, 0) is 47.2 Å². The second-order valence-electron chi connectivity index (χ2n) is 5.80. The molecule has 3 N–H and O–H groups in total. The number of aromatic amines is 1. The van der Waals surface area contributed by atoms with E-state index < -0.39 is 0 Å². The van der Waals surface area contributed by atoms with Crippen molar-refractivity contribution in [3.8, 4) is 0 Å². The number of allylic oxidation sites excluding steroid dienone is 1. The number of H-pyrrole nitrogens is 1. The number of nitrogens with two attached hydrogens (primary N) is 1. The lowest BCUT2D eigenvalue weighted by Gasteiger charge is -2.04. The van der Waals surface area contributed by atoms with Crippen LogP contribution in [-0.2, 0) is 6.42 Å². The summed E-state index contributed by atoms with van der Waals surface area (Å²) in [5.74, 6) is 0.522. The maximum Gasteiger partial charge on any atom is 0.133 e. The van der Waals surface area contributed by atoms with Gasteiger partial charge in [0.05, 0.1) is 0 Å². The van der Waals surface area contributed by atoms with Gasteiger partial charge in [0.2, 0.25) is 0 Å². The zero-order valence-electron chi connectivity index (χ0n) is 13.8. The molecule has 4 rings (SSSR count). The number of rotatable bonds is 5. The summed E-state index contributed by atoms with van der Waals surface area (Å²) in [6.45, 7) is 0. The Morgan fingerprint density at radius 2 is 2.00 bits per heavy atom. The van der Waals surface area contributed by atoms with Crippen molar-refractivity contribution in [2.75, 3.05) is 0 Å². The third kappa shape index (κ3) is 3.82. The van der Waals surface area contributed by atoms with Gasteiger partial charge in [0, 0.05) is 49.0 Å². The molecule has 0 atom stereocenters. The van der Waals surface area contributed by atoms with Gasteiger partial charge in [0.1, 0.15) is 5.84 Å². The summed E-state index contributed by atoms with van der Waals surface area (Å²) in [5.41, 5.74) is 9.32. The molecule has 0 saturated carbocycles. The Kier molecular flexibility index (Phi) is 5.06. The fourth-order valence-corrected chi connectivity index (χ4v) is 4.53. The number of nitrogens with zero attached hydrogens (tertiary/aromatic N) is 1. The number of halogens is 1. The van der Waals surface area contributed by atoms with Crippen molar-refractivity contribution in [3.63, 3.8) is 0 Å². The molecule has 0 spiro atoms. The lowest BCUT2D eigenvalue weighted by atomic mass is 10.1. The lowest BCUT2D eigenvalue weighted by Crippen LogP contribution is -2.13. The van der Waals surface area contributed by atoms with Gasteiger partial charge < -0.3 is 10.7 Å². The SMILES string of the molecule is NC(=N/C(=C/c1cccs1)Cc1cccs1)c1c[nH]c2ccc(Br)cc12. The van der Waals surface area contributed by atoms with E-state index in [-0.39, 0.29) is 0 Å².